The first-order chi connectivity index (χ1) is 19.0. The van der Waals surface area contributed by atoms with Crippen LogP contribution in [0.5, 0.6) is 5.75 Å². The fourth-order valence-electron chi connectivity index (χ4n) is 6.47. The average molecular weight is 536 g/mol. The third-order valence-corrected chi connectivity index (χ3v) is 8.15. The highest BCUT2D eigenvalue weighted by atomic mass is 16.5. The van der Waals surface area contributed by atoms with E-state index in [0.717, 1.165) is 12.0 Å². The van der Waals surface area contributed by atoms with Gasteiger partial charge in [0.15, 0.2) is 0 Å². The van der Waals surface area contributed by atoms with E-state index in [0.29, 0.717) is 56.8 Å². The van der Waals surface area contributed by atoms with Gasteiger partial charge in [-0.15, -0.1) is 0 Å². The summed E-state index contributed by atoms with van der Waals surface area (Å²) in [5, 5.41) is 15.2. The lowest BCUT2D eigenvalue weighted by Crippen LogP contribution is -2.55. The molecule has 3 fully saturated rings. The van der Waals surface area contributed by atoms with Gasteiger partial charge in [-0.25, -0.2) is 0 Å². The van der Waals surface area contributed by atoms with Crippen LogP contribution in [-0.2, 0) is 25.7 Å². The van der Waals surface area contributed by atoms with E-state index in [-0.39, 0.29) is 24.3 Å². The zero-order valence-corrected chi connectivity index (χ0v) is 22.3. The van der Waals surface area contributed by atoms with Crippen LogP contribution in [0.2, 0.25) is 0 Å². The van der Waals surface area contributed by atoms with E-state index in [1.165, 1.54) is 0 Å². The molecule has 3 heterocycles. The standard InChI is InChI=1S/C30H37N3O6/c1-2-38-22-13-11-21(12-14-22)32-27(35)24-23-15-16-30(39-23)25(24)29(37)33(17-7-4-8-18-34)26(30)28(36)31-19-20-9-5-3-6-10-20/h3,5-6,9-14,23-26,34H,2,4,7-8,15-19H2,1H3,(H,31,36)(H,32,35)/t23-,24+,25-,26?,30?/m0/s1. The number of aliphatic hydroxyl groups excluding tert-OH is 1. The van der Waals surface area contributed by atoms with Crippen molar-refractivity contribution in [2.45, 2.75) is 63.3 Å². The normalized spacial score (nSPS) is 26.9. The van der Waals surface area contributed by atoms with E-state index < -0.39 is 29.6 Å². The maximum absolute atomic E-state index is 13.9. The first-order valence-electron chi connectivity index (χ1n) is 13.9. The lowest BCUT2D eigenvalue weighted by atomic mass is 9.70. The van der Waals surface area contributed by atoms with Crippen molar-refractivity contribution in [3.63, 3.8) is 0 Å². The minimum Gasteiger partial charge on any atom is -0.494 e. The number of benzene rings is 2. The Balaban J connectivity index is 1.36. The first kappa shape index (κ1) is 27.1. The van der Waals surface area contributed by atoms with Gasteiger partial charge in [0.2, 0.25) is 17.7 Å². The minimum atomic E-state index is -1.03. The predicted octanol–water partition coefficient (Wildman–Crippen LogP) is 2.88. The number of hydrogen-bond acceptors (Lipinski definition) is 6. The molecule has 5 rings (SSSR count). The maximum Gasteiger partial charge on any atom is 0.246 e. The molecule has 3 aliphatic heterocycles. The van der Waals surface area contributed by atoms with Crippen LogP contribution < -0.4 is 15.4 Å². The molecule has 9 heteroatoms. The molecule has 0 saturated carbocycles. The molecule has 2 unspecified atom stereocenters. The fraction of sp³-hybridized carbons (Fsp3) is 0.500. The van der Waals surface area contributed by atoms with E-state index in [2.05, 4.69) is 10.6 Å². The number of amides is 3. The van der Waals surface area contributed by atoms with E-state index in [1.807, 2.05) is 37.3 Å². The summed E-state index contributed by atoms with van der Waals surface area (Å²) in [7, 11) is 0. The fourth-order valence-corrected chi connectivity index (χ4v) is 6.47. The molecule has 2 aromatic rings. The van der Waals surface area contributed by atoms with Gasteiger partial charge in [-0.05, 0) is 68.9 Å². The molecule has 208 valence electrons. The van der Waals surface area contributed by atoms with Crippen molar-refractivity contribution in [3.8, 4) is 5.75 Å². The van der Waals surface area contributed by atoms with E-state index >= 15 is 0 Å². The lowest BCUT2D eigenvalue weighted by Gasteiger charge is -2.33. The summed E-state index contributed by atoms with van der Waals surface area (Å²) in [6.45, 7) is 3.26. The molecular weight excluding hydrogens is 498 g/mol. The Morgan fingerprint density at radius 3 is 2.56 bits per heavy atom. The Morgan fingerprint density at radius 1 is 1.08 bits per heavy atom. The van der Waals surface area contributed by atoms with Crippen molar-refractivity contribution in [1.29, 1.82) is 0 Å². The third-order valence-electron chi connectivity index (χ3n) is 8.15. The second-order valence-corrected chi connectivity index (χ2v) is 10.5. The van der Waals surface area contributed by atoms with E-state index in [9.17, 15) is 19.5 Å². The number of rotatable bonds is 12. The van der Waals surface area contributed by atoms with Crippen molar-refractivity contribution in [1.82, 2.24) is 10.2 Å². The van der Waals surface area contributed by atoms with Gasteiger partial charge in [-0.2, -0.15) is 0 Å². The number of nitrogens with one attached hydrogen (secondary N) is 2. The average Bonchev–Trinajstić information content (AvgIpc) is 3.59. The summed E-state index contributed by atoms with van der Waals surface area (Å²) in [6.07, 6.45) is 2.78. The second kappa shape index (κ2) is 11.8. The van der Waals surface area contributed by atoms with E-state index in [1.54, 1.807) is 29.2 Å². The highest BCUT2D eigenvalue weighted by Gasteiger charge is 2.74. The number of aliphatic hydroxyl groups is 1. The Morgan fingerprint density at radius 2 is 1.85 bits per heavy atom. The molecule has 39 heavy (non-hydrogen) atoms. The van der Waals surface area contributed by atoms with Crippen molar-refractivity contribution in [2.24, 2.45) is 11.8 Å². The second-order valence-electron chi connectivity index (χ2n) is 10.5. The van der Waals surface area contributed by atoms with Crippen LogP contribution in [0.25, 0.3) is 0 Å². The molecule has 1 spiro atoms. The van der Waals surface area contributed by atoms with Crippen LogP contribution in [0.4, 0.5) is 5.69 Å². The number of unbranched alkanes of at least 4 members (excludes halogenated alkanes) is 2. The van der Waals surface area contributed by atoms with Crippen molar-refractivity contribution >= 4 is 23.4 Å². The molecule has 5 atom stereocenters. The number of fused-ring (bicyclic) bond motifs is 1. The number of anilines is 1. The van der Waals surface area contributed by atoms with Gasteiger partial charge in [-0.3, -0.25) is 14.4 Å². The molecule has 9 nitrogen and oxygen atoms in total. The Labute approximate surface area is 228 Å². The van der Waals surface area contributed by atoms with Crippen LogP contribution in [0.1, 0.15) is 44.6 Å². The van der Waals surface area contributed by atoms with Gasteiger partial charge < -0.3 is 30.1 Å². The van der Waals surface area contributed by atoms with E-state index in [4.69, 9.17) is 9.47 Å². The van der Waals surface area contributed by atoms with Crippen LogP contribution >= 0.6 is 0 Å². The number of nitrogens with zero attached hydrogens (tertiary/aromatic N) is 1. The summed E-state index contributed by atoms with van der Waals surface area (Å²) >= 11 is 0. The molecule has 0 aromatic heterocycles. The Bertz CT molecular complexity index is 1170. The van der Waals surface area contributed by atoms with Crippen molar-refractivity contribution in [3.05, 3.63) is 60.2 Å². The molecular formula is C30H37N3O6. The highest BCUT2D eigenvalue weighted by Crippen LogP contribution is 2.58. The number of likely N-dealkylation sites (tertiary alicyclic amines) is 1. The van der Waals surface area contributed by atoms with Crippen molar-refractivity contribution < 1.29 is 29.0 Å². The number of carbonyl (C=O) groups is 3. The van der Waals surface area contributed by atoms with Crippen LogP contribution in [0, 0.1) is 11.8 Å². The number of ether oxygens (including phenoxy) is 2. The topological polar surface area (TPSA) is 117 Å². The monoisotopic (exact) mass is 535 g/mol. The zero-order valence-electron chi connectivity index (χ0n) is 22.3. The van der Waals surface area contributed by atoms with Crippen LogP contribution in [0.15, 0.2) is 54.6 Å². The summed E-state index contributed by atoms with van der Waals surface area (Å²) < 4.78 is 12.0. The lowest BCUT2D eigenvalue weighted by molar-refractivity contribution is -0.141. The van der Waals surface area contributed by atoms with Gasteiger partial charge in [0.1, 0.15) is 17.4 Å². The molecule has 0 aliphatic carbocycles. The summed E-state index contributed by atoms with van der Waals surface area (Å²) in [5.41, 5.74) is 0.548. The number of carbonyl (C=O) groups excluding carboxylic acids is 3. The van der Waals surface area contributed by atoms with Crippen molar-refractivity contribution in [2.75, 3.05) is 25.1 Å². The largest absolute Gasteiger partial charge is 0.494 e. The molecule has 0 radical (unpaired) electrons. The third kappa shape index (κ3) is 5.25. The van der Waals surface area contributed by atoms with Gasteiger partial charge in [0.25, 0.3) is 0 Å². The Hall–Kier alpha value is -3.43. The first-order valence-corrected chi connectivity index (χ1v) is 13.9. The highest BCUT2D eigenvalue weighted by molar-refractivity contribution is 6.02. The maximum atomic E-state index is 13.9. The van der Waals surface area contributed by atoms with Gasteiger partial charge >= 0.3 is 0 Å². The summed E-state index contributed by atoms with van der Waals surface area (Å²) in [5.74, 6) is -1.41. The smallest absolute Gasteiger partial charge is 0.246 e. The molecule has 2 bridgehead atoms. The molecule has 3 amide bonds. The van der Waals surface area contributed by atoms with Gasteiger partial charge in [-0.1, -0.05) is 30.3 Å². The Kier molecular flexibility index (Phi) is 8.18. The predicted molar refractivity (Wildman–Crippen MR) is 145 cm³/mol. The van der Waals surface area contributed by atoms with Gasteiger partial charge in [0, 0.05) is 25.4 Å². The minimum absolute atomic E-state index is 0.0834. The van der Waals surface area contributed by atoms with Gasteiger partial charge in [0.05, 0.1) is 24.5 Å². The molecule has 3 N–H and O–H groups in total. The van der Waals surface area contributed by atoms with Crippen LogP contribution in [-0.4, -0.2) is 65.2 Å². The summed E-state index contributed by atoms with van der Waals surface area (Å²) in [4.78, 5) is 42.8. The SMILES string of the molecule is CCOc1ccc(NC(=O)[C@@H]2[C@@H]3CCC4(O3)C(C(=O)NCc3ccccc3)N(CCCCCO)C(=O)[C@H]24)cc1. The van der Waals surface area contributed by atoms with Crippen LogP contribution in [0.3, 0.4) is 0 Å². The summed E-state index contributed by atoms with van der Waals surface area (Å²) in [6, 6.07) is 15.9. The quantitative estimate of drug-likeness (QED) is 0.360. The zero-order chi connectivity index (χ0) is 27.4. The number of hydrogen-bond donors (Lipinski definition) is 3. The molecule has 3 aliphatic rings. The molecule has 3 saturated heterocycles. The molecule has 2 aromatic carbocycles.